The van der Waals surface area contributed by atoms with Crippen molar-refractivity contribution in [2.24, 2.45) is 0 Å². The molecule has 2 nitrogen and oxygen atoms in total. The summed E-state index contributed by atoms with van der Waals surface area (Å²) >= 11 is 0. The smallest absolute Gasteiger partial charge is 0.433 e. The molecule has 0 spiro atoms. The number of hydrogen-bond acceptors (Lipinski definition) is 2. The van der Waals surface area contributed by atoms with Gasteiger partial charge in [0.2, 0.25) is 0 Å². The molecule has 0 saturated carbocycles. The molecule has 1 heterocycles. The number of oxazole rings is 1. The molecule has 2 rings (SSSR count). The number of aromatic nitrogens is 1. The molecule has 21 heavy (non-hydrogen) atoms. The van der Waals surface area contributed by atoms with Crippen LogP contribution >= 0.6 is 0 Å². The van der Waals surface area contributed by atoms with Crippen molar-refractivity contribution in [2.45, 2.75) is 58.5 Å². The van der Waals surface area contributed by atoms with E-state index in [1.165, 1.54) is 0 Å². The summed E-state index contributed by atoms with van der Waals surface area (Å²) in [5.74, 6) is -1.19. The highest BCUT2D eigenvalue weighted by atomic mass is 19.4. The van der Waals surface area contributed by atoms with Gasteiger partial charge in [-0.15, -0.1) is 0 Å². The van der Waals surface area contributed by atoms with Gasteiger partial charge in [-0.25, -0.2) is 4.98 Å². The maximum Gasteiger partial charge on any atom is 0.468 e. The molecule has 0 amide bonds. The van der Waals surface area contributed by atoms with Crippen LogP contribution in [0.3, 0.4) is 0 Å². The number of benzene rings is 1. The Hall–Kier alpha value is -1.52. The summed E-state index contributed by atoms with van der Waals surface area (Å²) in [6.07, 6.45) is -4.57. The van der Waals surface area contributed by atoms with Crippen LogP contribution in [0.15, 0.2) is 16.5 Å². The van der Waals surface area contributed by atoms with E-state index in [0.29, 0.717) is 0 Å². The van der Waals surface area contributed by atoms with Gasteiger partial charge in [-0.05, 0) is 22.5 Å². The molecule has 0 radical (unpaired) electrons. The lowest BCUT2D eigenvalue weighted by Crippen LogP contribution is -2.16. The second-order valence-electron chi connectivity index (χ2n) is 7.39. The van der Waals surface area contributed by atoms with E-state index in [0.717, 1.165) is 11.1 Å². The molecule has 0 atom stereocenters. The van der Waals surface area contributed by atoms with Crippen molar-refractivity contribution >= 4 is 11.1 Å². The molecule has 0 aliphatic heterocycles. The average Bonchev–Trinajstić information content (AvgIpc) is 2.67. The number of fused-ring (bicyclic) bond motifs is 1. The quantitative estimate of drug-likeness (QED) is 0.647. The Bertz CT molecular complexity index is 670. The van der Waals surface area contributed by atoms with Gasteiger partial charge in [-0.1, -0.05) is 47.6 Å². The Morgan fingerprint density at radius 1 is 0.905 bits per heavy atom. The first kappa shape index (κ1) is 15.9. The monoisotopic (exact) mass is 299 g/mol. The van der Waals surface area contributed by atoms with Crippen molar-refractivity contribution in [3.63, 3.8) is 0 Å². The van der Waals surface area contributed by atoms with Crippen molar-refractivity contribution in [2.75, 3.05) is 0 Å². The summed E-state index contributed by atoms with van der Waals surface area (Å²) in [5.41, 5.74) is 1.67. The third-order valence-corrected chi connectivity index (χ3v) is 3.41. The number of nitrogens with zero attached hydrogens (tertiary/aromatic N) is 1. The van der Waals surface area contributed by atoms with Crippen LogP contribution < -0.4 is 0 Å². The maximum atomic E-state index is 12.8. The van der Waals surface area contributed by atoms with E-state index >= 15 is 0 Å². The van der Waals surface area contributed by atoms with Crippen LogP contribution in [-0.4, -0.2) is 4.98 Å². The van der Waals surface area contributed by atoms with E-state index in [1.807, 2.05) is 47.6 Å². The molecular formula is C16H20F3NO. The van der Waals surface area contributed by atoms with Gasteiger partial charge in [-0.3, -0.25) is 0 Å². The van der Waals surface area contributed by atoms with Gasteiger partial charge >= 0.3 is 12.1 Å². The SMILES string of the molecule is CC(C)(C)c1cc(C(C)(C)C)c2oc(C(F)(F)F)nc2c1. The summed E-state index contributed by atoms with van der Waals surface area (Å²) in [5, 5.41) is 0. The standard InChI is InChI=1S/C16H20F3NO/c1-14(2,3)9-7-10(15(4,5)6)12-11(8-9)20-13(21-12)16(17,18)19/h7-8H,1-6H3. The van der Waals surface area contributed by atoms with E-state index < -0.39 is 12.1 Å². The lowest BCUT2D eigenvalue weighted by molar-refractivity contribution is -0.156. The van der Waals surface area contributed by atoms with Crippen molar-refractivity contribution < 1.29 is 17.6 Å². The van der Waals surface area contributed by atoms with Gasteiger partial charge in [0.15, 0.2) is 5.58 Å². The van der Waals surface area contributed by atoms with Crippen LogP contribution in [0, 0.1) is 0 Å². The summed E-state index contributed by atoms with van der Waals surface area (Å²) in [6, 6.07) is 3.61. The first-order chi connectivity index (χ1) is 9.30. The molecule has 0 fully saturated rings. The predicted octanol–water partition coefficient (Wildman–Crippen LogP) is 5.44. The van der Waals surface area contributed by atoms with Crippen LogP contribution in [0.5, 0.6) is 0 Å². The third-order valence-electron chi connectivity index (χ3n) is 3.41. The van der Waals surface area contributed by atoms with Crippen molar-refractivity contribution in [3.8, 4) is 0 Å². The second kappa shape index (κ2) is 4.49. The minimum atomic E-state index is -4.57. The van der Waals surface area contributed by atoms with Crippen LogP contribution in [0.1, 0.15) is 58.6 Å². The highest BCUT2D eigenvalue weighted by molar-refractivity contribution is 5.79. The first-order valence-corrected chi connectivity index (χ1v) is 6.83. The summed E-state index contributed by atoms with van der Waals surface area (Å²) < 4.78 is 43.5. The largest absolute Gasteiger partial charge is 0.468 e. The van der Waals surface area contributed by atoms with Crippen LogP contribution in [-0.2, 0) is 17.0 Å². The van der Waals surface area contributed by atoms with Crippen LogP contribution in [0.4, 0.5) is 13.2 Å². The Morgan fingerprint density at radius 3 is 1.90 bits per heavy atom. The molecule has 5 heteroatoms. The number of halogens is 3. The fraction of sp³-hybridized carbons (Fsp3) is 0.562. The zero-order chi connectivity index (χ0) is 16.2. The van der Waals surface area contributed by atoms with E-state index in [9.17, 15) is 13.2 Å². The molecule has 1 aromatic carbocycles. The number of hydrogen-bond donors (Lipinski definition) is 0. The number of alkyl halides is 3. The van der Waals surface area contributed by atoms with E-state index in [-0.39, 0.29) is 21.9 Å². The van der Waals surface area contributed by atoms with Crippen LogP contribution in [0.25, 0.3) is 11.1 Å². The molecule has 0 bridgehead atoms. The predicted molar refractivity (Wildman–Crippen MR) is 76.4 cm³/mol. The molecule has 0 N–H and O–H groups in total. The zero-order valence-electron chi connectivity index (χ0n) is 13.1. The lowest BCUT2D eigenvalue weighted by atomic mass is 9.80. The van der Waals surface area contributed by atoms with Crippen molar-refractivity contribution in [1.29, 1.82) is 0 Å². The first-order valence-electron chi connectivity index (χ1n) is 6.83. The highest BCUT2D eigenvalue weighted by Gasteiger charge is 2.38. The summed E-state index contributed by atoms with van der Waals surface area (Å²) in [4.78, 5) is 3.64. The normalized spacial score (nSPS) is 14.0. The Morgan fingerprint density at radius 2 is 1.48 bits per heavy atom. The van der Waals surface area contributed by atoms with Gasteiger partial charge in [0.1, 0.15) is 5.52 Å². The zero-order valence-corrected chi connectivity index (χ0v) is 13.1. The molecule has 0 aliphatic rings. The van der Waals surface area contributed by atoms with Crippen molar-refractivity contribution in [3.05, 3.63) is 29.2 Å². The molecule has 0 saturated heterocycles. The van der Waals surface area contributed by atoms with E-state index in [1.54, 1.807) is 6.07 Å². The molecule has 0 aliphatic carbocycles. The highest BCUT2D eigenvalue weighted by Crippen LogP contribution is 2.38. The minimum absolute atomic E-state index is 0.175. The fourth-order valence-corrected chi connectivity index (χ4v) is 2.14. The second-order valence-corrected chi connectivity index (χ2v) is 7.39. The Balaban J connectivity index is 2.81. The summed E-state index contributed by atoms with van der Waals surface area (Å²) in [7, 11) is 0. The molecular weight excluding hydrogens is 279 g/mol. The molecule has 0 unspecified atom stereocenters. The van der Waals surface area contributed by atoms with E-state index in [4.69, 9.17) is 4.42 Å². The molecule has 1 aromatic heterocycles. The Kier molecular flexibility index (Phi) is 3.39. The summed E-state index contributed by atoms with van der Waals surface area (Å²) in [6.45, 7) is 11.9. The van der Waals surface area contributed by atoms with Gasteiger partial charge in [0.25, 0.3) is 0 Å². The van der Waals surface area contributed by atoms with Gasteiger partial charge in [0.05, 0.1) is 0 Å². The lowest BCUT2D eigenvalue weighted by Gasteiger charge is -2.24. The third kappa shape index (κ3) is 3.06. The topological polar surface area (TPSA) is 26.0 Å². The van der Waals surface area contributed by atoms with Gasteiger partial charge in [0, 0.05) is 5.56 Å². The number of rotatable bonds is 0. The molecule has 2 aromatic rings. The van der Waals surface area contributed by atoms with Crippen LogP contribution in [0.2, 0.25) is 0 Å². The minimum Gasteiger partial charge on any atom is -0.433 e. The van der Waals surface area contributed by atoms with Gasteiger partial charge in [-0.2, -0.15) is 13.2 Å². The Labute approximate surface area is 122 Å². The van der Waals surface area contributed by atoms with Gasteiger partial charge < -0.3 is 4.42 Å². The van der Waals surface area contributed by atoms with Crippen molar-refractivity contribution in [1.82, 2.24) is 4.98 Å². The molecule has 116 valence electrons. The van der Waals surface area contributed by atoms with E-state index in [2.05, 4.69) is 4.98 Å². The fourth-order valence-electron chi connectivity index (χ4n) is 2.14. The maximum absolute atomic E-state index is 12.8. The average molecular weight is 299 g/mol.